The fourth-order valence-electron chi connectivity index (χ4n) is 1.18. The first kappa shape index (κ1) is 12.1. The maximum Gasteiger partial charge on any atom is 0.0931 e. The number of halogens is 2. The Hall–Kier alpha value is -0.0200. The third kappa shape index (κ3) is 4.01. The predicted molar refractivity (Wildman–Crippen MR) is 65.3 cm³/mol. The first-order chi connectivity index (χ1) is 6.61. The molecule has 1 aromatic heterocycles. The Morgan fingerprint density at radius 1 is 1.57 bits per heavy atom. The van der Waals surface area contributed by atoms with Crippen molar-refractivity contribution in [3.05, 3.63) is 33.0 Å². The highest BCUT2D eigenvalue weighted by Crippen LogP contribution is 2.22. The van der Waals surface area contributed by atoms with Crippen LogP contribution in [-0.4, -0.2) is 18.0 Å². The summed E-state index contributed by atoms with van der Waals surface area (Å²) in [7, 11) is 0. The Morgan fingerprint density at radius 2 is 2.29 bits per heavy atom. The molecule has 0 aliphatic rings. The second-order valence-electron chi connectivity index (χ2n) is 3.03. The van der Waals surface area contributed by atoms with Gasteiger partial charge in [-0.05, 0) is 18.7 Å². The van der Waals surface area contributed by atoms with E-state index in [1.165, 1.54) is 4.88 Å². The summed E-state index contributed by atoms with van der Waals surface area (Å²) >= 11 is 13.2. The van der Waals surface area contributed by atoms with Crippen LogP contribution in [0.4, 0.5) is 0 Å². The number of hydrogen-bond donors (Lipinski definition) is 0. The molecule has 0 radical (unpaired) electrons. The van der Waals surface area contributed by atoms with Crippen molar-refractivity contribution in [1.29, 1.82) is 0 Å². The normalized spacial score (nSPS) is 10.9. The fraction of sp³-hybridized carbons (Fsp3) is 0.400. The van der Waals surface area contributed by atoms with Crippen LogP contribution in [0.5, 0.6) is 0 Å². The summed E-state index contributed by atoms with van der Waals surface area (Å²) in [6, 6.07) is 3.97. The van der Waals surface area contributed by atoms with Crippen LogP contribution in [0.2, 0.25) is 4.34 Å². The highest BCUT2D eigenvalue weighted by Gasteiger charge is 2.06. The van der Waals surface area contributed by atoms with Gasteiger partial charge in [-0.25, -0.2) is 0 Å². The first-order valence-electron chi connectivity index (χ1n) is 4.41. The summed E-state index contributed by atoms with van der Waals surface area (Å²) in [5, 5.41) is 0.675. The molecule has 0 atom stereocenters. The highest BCUT2D eigenvalue weighted by molar-refractivity contribution is 7.16. The molecule has 1 nitrogen and oxygen atoms in total. The van der Waals surface area contributed by atoms with Crippen molar-refractivity contribution < 1.29 is 0 Å². The van der Waals surface area contributed by atoms with Crippen molar-refractivity contribution >= 4 is 34.5 Å². The molecule has 0 N–H and O–H groups in total. The molecule has 0 bridgehead atoms. The van der Waals surface area contributed by atoms with Gasteiger partial charge in [0.1, 0.15) is 0 Å². The van der Waals surface area contributed by atoms with Gasteiger partial charge in [-0.1, -0.05) is 36.7 Å². The molecule has 0 aromatic carbocycles. The molecule has 0 fully saturated rings. The van der Waals surface area contributed by atoms with Crippen LogP contribution in [0.1, 0.15) is 11.8 Å². The second kappa shape index (κ2) is 5.76. The van der Waals surface area contributed by atoms with Crippen LogP contribution in [0.25, 0.3) is 0 Å². The highest BCUT2D eigenvalue weighted by atomic mass is 35.5. The molecule has 78 valence electrons. The minimum absolute atomic E-state index is 0.675. The minimum atomic E-state index is 0.675. The molecule has 14 heavy (non-hydrogen) atoms. The monoisotopic (exact) mass is 249 g/mol. The van der Waals surface area contributed by atoms with Crippen molar-refractivity contribution in [2.45, 2.75) is 13.5 Å². The van der Waals surface area contributed by atoms with Crippen molar-refractivity contribution in [3.63, 3.8) is 0 Å². The Balaban J connectivity index is 2.52. The molecule has 1 heterocycles. The Labute approximate surface area is 98.9 Å². The van der Waals surface area contributed by atoms with Crippen LogP contribution >= 0.6 is 34.5 Å². The van der Waals surface area contributed by atoms with Gasteiger partial charge in [-0.3, -0.25) is 4.90 Å². The Morgan fingerprint density at radius 3 is 2.71 bits per heavy atom. The zero-order valence-electron chi connectivity index (χ0n) is 8.09. The number of thiophene rings is 1. The zero-order chi connectivity index (χ0) is 10.6. The molecule has 0 spiro atoms. The van der Waals surface area contributed by atoms with E-state index in [9.17, 15) is 0 Å². The number of hydrogen-bond acceptors (Lipinski definition) is 2. The van der Waals surface area contributed by atoms with Crippen molar-refractivity contribution in [2.75, 3.05) is 13.1 Å². The first-order valence-corrected chi connectivity index (χ1v) is 5.99. The van der Waals surface area contributed by atoms with Crippen molar-refractivity contribution in [1.82, 2.24) is 4.90 Å². The maximum absolute atomic E-state index is 5.85. The minimum Gasteiger partial charge on any atom is -0.293 e. The van der Waals surface area contributed by atoms with E-state index >= 15 is 0 Å². The van der Waals surface area contributed by atoms with Crippen LogP contribution < -0.4 is 0 Å². The summed E-state index contributed by atoms with van der Waals surface area (Å²) < 4.78 is 0.834. The zero-order valence-corrected chi connectivity index (χ0v) is 10.4. The molecule has 1 rings (SSSR count). The molecule has 0 aliphatic heterocycles. The fourth-order valence-corrected chi connectivity index (χ4v) is 2.48. The SMILES string of the molecule is C=C(Cl)CN(CC)Cc1ccc(Cl)s1. The molecule has 0 aliphatic carbocycles. The third-order valence-electron chi connectivity index (χ3n) is 1.85. The van der Waals surface area contributed by atoms with Crippen molar-refractivity contribution in [3.8, 4) is 0 Å². The lowest BCUT2D eigenvalue weighted by Crippen LogP contribution is -2.23. The van der Waals surface area contributed by atoms with Gasteiger partial charge in [0.2, 0.25) is 0 Å². The van der Waals surface area contributed by atoms with Gasteiger partial charge in [0, 0.05) is 23.0 Å². The Bertz CT molecular complexity index is 309. The third-order valence-corrected chi connectivity index (χ3v) is 3.19. The van der Waals surface area contributed by atoms with Crippen molar-refractivity contribution in [2.24, 2.45) is 0 Å². The smallest absolute Gasteiger partial charge is 0.0931 e. The Kier molecular flexibility index (Phi) is 4.96. The van der Waals surface area contributed by atoms with E-state index in [1.54, 1.807) is 11.3 Å². The average Bonchev–Trinajstić information content (AvgIpc) is 2.49. The van der Waals surface area contributed by atoms with E-state index in [0.717, 1.165) is 24.0 Å². The van der Waals surface area contributed by atoms with E-state index in [-0.39, 0.29) is 0 Å². The van der Waals surface area contributed by atoms with Crippen LogP contribution in [0.15, 0.2) is 23.7 Å². The summed E-state index contributed by atoms with van der Waals surface area (Å²) in [5.41, 5.74) is 0. The largest absolute Gasteiger partial charge is 0.293 e. The van der Waals surface area contributed by atoms with Gasteiger partial charge in [-0.2, -0.15) is 0 Å². The quantitative estimate of drug-likeness (QED) is 0.764. The van der Waals surface area contributed by atoms with E-state index < -0.39 is 0 Å². The number of nitrogens with zero attached hydrogens (tertiary/aromatic N) is 1. The second-order valence-corrected chi connectivity index (χ2v) is 5.36. The van der Waals surface area contributed by atoms with Crippen LogP contribution in [-0.2, 0) is 6.54 Å². The topological polar surface area (TPSA) is 3.24 Å². The molecule has 0 unspecified atom stereocenters. The average molecular weight is 250 g/mol. The van der Waals surface area contributed by atoms with E-state index in [4.69, 9.17) is 23.2 Å². The molecule has 0 saturated carbocycles. The van der Waals surface area contributed by atoms with Gasteiger partial charge in [0.15, 0.2) is 0 Å². The number of likely N-dealkylation sites (N-methyl/N-ethyl adjacent to an activating group) is 1. The summed E-state index contributed by atoms with van der Waals surface area (Å²) in [4.78, 5) is 3.48. The lowest BCUT2D eigenvalue weighted by atomic mass is 10.4. The van der Waals surface area contributed by atoms with Gasteiger partial charge < -0.3 is 0 Å². The van der Waals surface area contributed by atoms with Gasteiger partial charge >= 0.3 is 0 Å². The lowest BCUT2D eigenvalue weighted by molar-refractivity contribution is 0.312. The van der Waals surface area contributed by atoms with Crippen LogP contribution in [0, 0.1) is 0 Å². The summed E-state index contributed by atoms with van der Waals surface area (Å²) in [5.74, 6) is 0. The van der Waals surface area contributed by atoms with E-state index in [0.29, 0.717) is 5.03 Å². The standard InChI is InChI=1S/C10H13Cl2NS/c1-3-13(6-8(2)11)7-9-4-5-10(12)14-9/h4-5H,2-3,6-7H2,1H3. The van der Waals surface area contributed by atoms with Gasteiger partial charge in [-0.15, -0.1) is 11.3 Å². The molecular weight excluding hydrogens is 237 g/mol. The predicted octanol–water partition coefficient (Wildman–Crippen LogP) is 3.98. The maximum atomic E-state index is 5.85. The van der Waals surface area contributed by atoms with E-state index in [1.807, 2.05) is 12.1 Å². The molecule has 0 saturated heterocycles. The lowest BCUT2D eigenvalue weighted by Gasteiger charge is -2.18. The summed E-state index contributed by atoms with van der Waals surface area (Å²) in [6.45, 7) is 8.37. The van der Waals surface area contributed by atoms with E-state index in [2.05, 4.69) is 18.4 Å². The molecule has 4 heteroatoms. The van der Waals surface area contributed by atoms with Crippen LogP contribution in [0.3, 0.4) is 0 Å². The van der Waals surface area contributed by atoms with Gasteiger partial charge in [0.25, 0.3) is 0 Å². The molecule has 0 amide bonds. The van der Waals surface area contributed by atoms with Gasteiger partial charge in [0.05, 0.1) is 4.34 Å². The summed E-state index contributed by atoms with van der Waals surface area (Å²) in [6.07, 6.45) is 0. The number of rotatable bonds is 5. The molecule has 1 aromatic rings. The molecular formula is C10H13Cl2NS.